The van der Waals surface area contributed by atoms with E-state index < -0.39 is 5.91 Å². The lowest BCUT2D eigenvalue weighted by atomic mass is 10.1. The molecule has 0 saturated carbocycles. The molecule has 26 heavy (non-hydrogen) atoms. The van der Waals surface area contributed by atoms with Gasteiger partial charge < -0.3 is 20.0 Å². The number of amides is 3. The Balaban J connectivity index is 1.62. The highest BCUT2D eigenvalue weighted by Crippen LogP contribution is 2.28. The van der Waals surface area contributed by atoms with Gasteiger partial charge >= 0.3 is 0 Å². The molecule has 1 saturated heterocycles. The Morgan fingerprint density at radius 2 is 2.08 bits per heavy atom. The molecular weight excluding hydrogens is 358 g/mol. The molecule has 1 fully saturated rings. The average Bonchev–Trinajstić information content (AvgIpc) is 3.29. The summed E-state index contributed by atoms with van der Waals surface area (Å²) in [7, 11) is 0. The van der Waals surface area contributed by atoms with Crippen LogP contribution in [0.4, 0.5) is 5.69 Å². The van der Waals surface area contributed by atoms with Gasteiger partial charge in [0, 0.05) is 18.0 Å². The molecule has 1 aliphatic rings. The van der Waals surface area contributed by atoms with E-state index in [2.05, 4.69) is 10.6 Å². The Hall–Kier alpha value is -2.80. The van der Waals surface area contributed by atoms with Gasteiger partial charge in [-0.3, -0.25) is 14.4 Å². The lowest BCUT2D eigenvalue weighted by Crippen LogP contribution is -2.37. The highest BCUT2D eigenvalue weighted by atomic mass is 35.5. The lowest BCUT2D eigenvalue weighted by molar-refractivity contribution is -0.120. The molecule has 7 nitrogen and oxygen atoms in total. The quantitative estimate of drug-likeness (QED) is 0.808. The van der Waals surface area contributed by atoms with Crippen molar-refractivity contribution in [3.63, 3.8) is 0 Å². The number of nitrogens with one attached hydrogen (secondary N) is 2. The van der Waals surface area contributed by atoms with Gasteiger partial charge in [-0.15, -0.1) is 0 Å². The number of hydrogen-bond acceptors (Lipinski definition) is 4. The van der Waals surface area contributed by atoms with Crippen molar-refractivity contribution in [2.45, 2.75) is 19.4 Å². The van der Waals surface area contributed by atoms with Gasteiger partial charge in [-0.25, -0.2) is 0 Å². The zero-order valence-corrected chi connectivity index (χ0v) is 14.7. The average molecular weight is 376 g/mol. The molecule has 1 aromatic heterocycles. The van der Waals surface area contributed by atoms with Crippen molar-refractivity contribution in [1.82, 2.24) is 10.6 Å². The van der Waals surface area contributed by atoms with E-state index in [1.165, 1.54) is 6.26 Å². The molecule has 0 atom stereocenters. The van der Waals surface area contributed by atoms with E-state index in [1.54, 1.807) is 35.2 Å². The number of anilines is 1. The van der Waals surface area contributed by atoms with E-state index in [-0.39, 0.29) is 24.9 Å². The second-order valence-electron chi connectivity index (χ2n) is 5.85. The summed E-state index contributed by atoms with van der Waals surface area (Å²) >= 11 is 6.02. The van der Waals surface area contributed by atoms with E-state index in [1.807, 2.05) is 0 Å². The third-order valence-electron chi connectivity index (χ3n) is 4.02. The Bertz CT molecular complexity index is 820. The molecule has 2 N–H and O–H groups in total. The number of carbonyl (C=O) groups excluding carboxylic acids is 3. The number of furan rings is 1. The minimum atomic E-state index is -0.440. The maximum Gasteiger partial charge on any atom is 0.253 e. The van der Waals surface area contributed by atoms with Gasteiger partial charge in [-0.05, 0) is 36.8 Å². The van der Waals surface area contributed by atoms with Crippen molar-refractivity contribution in [3.05, 3.63) is 52.9 Å². The van der Waals surface area contributed by atoms with Gasteiger partial charge in [0.05, 0.1) is 30.6 Å². The zero-order valence-electron chi connectivity index (χ0n) is 14.0. The van der Waals surface area contributed by atoms with Crippen LogP contribution in [-0.4, -0.2) is 30.8 Å². The first-order valence-corrected chi connectivity index (χ1v) is 8.59. The molecule has 0 bridgehead atoms. The fourth-order valence-corrected chi connectivity index (χ4v) is 2.91. The second kappa shape index (κ2) is 8.05. The van der Waals surface area contributed by atoms with Crippen LogP contribution < -0.4 is 15.5 Å². The molecule has 8 heteroatoms. The molecule has 1 aliphatic heterocycles. The van der Waals surface area contributed by atoms with Crippen LogP contribution in [0.5, 0.6) is 0 Å². The summed E-state index contributed by atoms with van der Waals surface area (Å²) in [6, 6.07) is 8.20. The molecule has 1 aromatic carbocycles. The van der Waals surface area contributed by atoms with E-state index in [4.69, 9.17) is 16.0 Å². The van der Waals surface area contributed by atoms with Crippen LogP contribution in [0.1, 0.15) is 29.0 Å². The normalized spacial score (nSPS) is 13.7. The van der Waals surface area contributed by atoms with Crippen LogP contribution >= 0.6 is 11.6 Å². The van der Waals surface area contributed by atoms with Gasteiger partial charge in [0.2, 0.25) is 11.8 Å². The molecule has 3 amide bonds. The van der Waals surface area contributed by atoms with E-state index >= 15 is 0 Å². The highest BCUT2D eigenvalue weighted by molar-refractivity contribution is 6.31. The maximum atomic E-state index is 12.5. The summed E-state index contributed by atoms with van der Waals surface area (Å²) in [6.45, 7) is 0.606. The lowest BCUT2D eigenvalue weighted by Gasteiger charge is -2.19. The Morgan fingerprint density at radius 3 is 2.77 bits per heavy atom. The summed E-state index contributed by atoms with van der Waals surface area (Å²) in [5.41, 5.74) is 0.775. The highest BCUT2D eigenvalue weighted by Gasteiger charge is 2.26. The SMILES string of the molecule is O=C(CNC(=O)c1ccc(Cl)cc1N1CCCC1=O)NCc1ccco1. The van der Waals surface area contributed by atoms with Crippen molar-refractivity contribution < 1.29 is 18.8 Å². The summed E-state index contributed by atoms with van der Waals surface area (Å²) in [4.78, 5) is 37.9. The van der Waals surface area contributed by atoms with Crippen LogP contribution in [-0.2, 0) is 16.1 Å². The van der Waals surface area contributed by atoms with Crippen LogP contribution in [0.15, 0.2) is 41.0 Å². The van der Waals surface area contributed by atoms with Crippen molar-refractivity contribution >= 4 is 35.0 Å². The summed E-state index contributed by atoms with van der Waals surface area (Å²) < 4.78 is 5.12. The monoisotopic (exact) mass is 375 g/mol. The van der Waals surface area contributed by atoms with Crippen molar-refractivity contribution in [2.75, 3.05) is 18.0 Å². The standard InChI is InChI=1S/C18H18ClN3O4/c19-12-5-6-14(15(9-12)22-7-1-4-17(22)24)18(25)21-11-16(23)20-10-13-3-2-8-26-13/h2-3,5-6,8-9H,1,4,7,10-11H2,(H,20,23)(H,21,25). The van der Waals surface area contributed by atoms with Crippen LogP contribution in [0.25, 0.3) is 0 Å². The minimum Gasteiger partial charge on any atom is -0.467 e. The molecule has 0 spiro atoms. The molecule has 2 heterocycles. The fourth-order valence-electron chi connectivity index (χ4n) is 2.74. The van der Waals surface area contributed by atoms with E-state index in [0.29, 0.717) is 35.0 Å². The summed E-state index contributed by atoms with van der Waals surface area (Å²) in [5.74, 6) is -0.207. The Morgan fingerprint density at radius 1 is 1.23 bits per heavy atom. The zero-order chi connectivity index (χ0) is 18.5. The molecule has 3 rings (SSSR count). The molecule has 2 aromatic rings. The van der Waals surface area contributed by atoms with Gasteiger partial charge in [-0.2, -0.15) is 0 Å². The topological polar surface area (TPSA) is 91.7 Å². The maximum absolute atomic E-state index is 12.5. The number of nitrogens with zero attached hydrogens (tertiary/aromatic N) is 1. The van der Waals surface area contributed by atoms with E-state index in [9.17, 15) is 14.4 Å². The Labute approximate surface area is 155 Å². The van der Waals surface area contributed by atoms with Gasteiger partial charge in [0.15, 0.2) is 0 Å². The smallest absolute Gasteiger partial charge is 0.253 e. The first-order chi connectivity index (χ1) is 12.5. The van der Waals surface area contributed by atoms with E-state index in [0.717, 1.165) is 6.42 Å². The molecular formula is C18H18ClN3O4. The fraction of sp³-hybridized carbons (Fsp3) is 0.278. The molecule has 0 unspecified atom stereocenters. The van der Waals surface area contributed by atoms with Crippen LogP contribution in [0, 0.1) is 0 Å². The number of benzene rings is 1. The number of carbonyl (C=O) groups is 3. The van der Waals surface area contributed by atoms with Crippen molar-refractivity contribution in [3.8, 4) is 0 Å². The second-order valence-corrected chi connectivity index (χ2v) is 6.29. The predicted molar refractivity (Wildman–Crippen MR) is 95.9 cm³/mol. The third kappa shape index (κ3) is 4.23. The summed E-state index contributed by atoms with van der Waals surface area (Å²) in [5, 5.41) is 5.65. The third-order valence-corrected chi connectivity index (χ3v) is 4.25. The minimum absolute atomic E-state index is 0.0440. The number of rotatable bonds is 6. The van der Waals surface area contributed by atoms with Gasteiger partial charge in [0.25, 0.3) is 5.91 Å². The van der Waals surface area contributed by atoms with Gasteiger partial charge in [-0.1, -0.05) is 11.6 Å². The molecule has 0 radical (unpaired) electrons. The predicted octanol–water partition coefficient (Wildman–Crippen LogP) is 2.11. The Kier molecular flexibility index (Phi) is 5.58. The van der Waals surface area contributed by atoms with Crippen LogP contribution in [0.2, 0.25) is 5.02 Å². The molecule has 136 valence electrons. The number of halogens is 1. The summed E-state index contributed by atoms with van der Waals surface area (Å²) in [6.07, 6.45) is 2.70. The molecule has 0 aliphatic carbocycles. The van der Waals surface area contributed by atoms with Crippen LogP contribution in [0.3, 0.4) is 0 Å². The van der Waals surface area contributed by atoms with Crippen molar-refractivity contribution in [2.24, 2.45) is 0 Å². The first kappa shape index (κ1) is 18.0. The first-order valence-electron chi connectivity index (χ1n) is 8.22. The van der Waals surface area contributed by atoms with Gasteiger partial charge in [0.1, 0.15) is 5.76 Å². The van der Waals surface area contributed by atoms with Crippen molar-refractivity contribution in [1.29, 1.82) is 0 Å². The number of hydrogen-bond donors (Lipinski definition) is 2. The largest absolute Gasteiger partial charge is 0.467 e.